The lowest BCUT2D eigenvalue weighted by Crippen LogP contribution is -2.60. The van der Waals surface area contributed by atoms with Crippen molar-refractivity contribution in [3.8, 4) is 11.5 Å². The molecule has 0 radical (unpaired) electrons. The number of carbonyl (C=O) groups is 1. The van der Waals surface area contributed by atoms with Crippen molar-refractivity contribution in [3.63, 3.8) is 0 Å². The number of phenols is 1. The Bertz CT molecular complexity index is 859. The minimum atomic E-state index is -1.76. The fourth-order valence-corrected chi connectivity index (χ4v) is 3.54. The van der Waals surface area contributed by atoms with Gasteiger partial charge in [-0.15, -0.1) is 0 Å². The summed E-state index contributed by atoms with van der Waals surface area (Å²) in [4.78, 5) is 12.4. The first kappa shape index (κ1) is 26.3. The van der Waals surface area contributed by atoms with Crippen LogP contribution in [0, 0.1) is 0 Å². The normalized spacial score (nSPS) is 36.0. The first-order valence-electron chi connectivity index (χ1n) is 10.4. The number of aliphatic hydroxyl groups excluding tert-OH is 6. The molecule has 0 saturated carbocycles. The molecule has 7 N–H and O–H groups in total. The van der Waals surface area contributed by atoms with E-state index in [2.05, 4.69) is 0 Å². The monoisotopic (exact) mass is 488 g/mol. The molecule has 2 heterocycles. The molecule has 190 valence electrons. The number of hydrogen-bond acceptors (Lipinski definition) is 13. The third kappa shape index (κ3) is 5.66. The summed E-state index contributed by atoms with van der Waals surface area (Å²) >= 11 is 0. The summed E-state index contributed by atoms with van der Waals surface area (Å²) in [7, 11) is 1.37. The Balaban J connectivity index is 1.70. The SMILES string of the molecule is COc1cc(C=CC(=O)OC2C(OC3OC(CO)C(O)C(O)C3O)OC(CO)C2O)ccc1O. The van der Waals surface area contributed by atoms with E-state index in [9.17, 15) is 40.5 Å². The molecule has 13 nitrogen and oxygen atoms in total. The van der Waals surface area contributed by atoms with Gasteiger partial charge in [-0.3, -0.25) is 0 Å². The van der Waals surface area contributed by atoms with Crippen LogP contribution in [-0.2, 0) is 23.7 Å². The standard InChI is InChI=1S/C21H28O13/c1-30-11-6-9(2-4-10(11)24)3-5-14(25)33-19-16(27)13(8-23)32-21(19)34-20-18(29)17(28)15(26)12(7-22)31-20/h2-6,12-13,15-24,26-29H,7-8H2,1H3. The molecular formula is C21H28O13. The van der Waals surface area contributed by atoms with Gasteiger partial charge >= 0.3 is 5.97 Å². The first-order chi connectivity index (χ1) is 16.2. The second-order valence-corrected chi connectivity index (χ2v) is 7.72. The van der Waals surface area contributed by atoms with Crippen molar-refractivity contribution >= 4 is 12.0 Å². The zero-order chi connectivity index (χ0) is 25.0. The molecule has 2 aliphatic rings. The number of ether oxygens (including phenoxy) is 5. The quantitative estimate of drug-likeness (QED) is 0.146. The first-order valence-corrected chi connectivity index (χ1v) is 10.4. The number of aliphatic hydroxyl groups is 6. The van der Waals surface area contributed by atoms with Crippen LogP contribution in [0.4, 0.5) is 0 Å². The number of benzene rings is 1. The van der Waals surface area contributed by atoms with Crippen LogP contribution in [0.25, 0.3) is 6.08 Å². The van der Waals surface area contributed by atoms with Gasteiger partial charge in [0.25, 0.3) is 0 Å². The second kappa shape index (κ2) is 11.4. The number of phenolic OH excluding ortho intramolecular Hbond substituents is 1. The molecule has 0 aliphatic carbocycles. The Morgan fingerprint density at radius 1 is 0.971 bits per heavy atom. The molecule has 2 aliphatic heterocycles. The van der Waals surface area contributed by atoms with Crippen LogP contribution in [0.15, 0.2) is 24.3 Å². The number of methoxy groups -OCH3 is 1. The van der Waals surface area contributed by atoms with Crippen molar-refractivity contribution in [3.05, 3.63) is 29.8 Å². The van der Waals surface area contributed by atoms with Gasteiger partial charge in [0.15, 0.2) is 23.9 Å². The molecule has 3 rings (SSSR count). The molecule has 0 bridgehead atoms. The number of rotatable bonds is 8. The number of hydrogen-bond donors (Lipinski definition) is 7. The minimum absolute atomic E-state index is 0.0864. The van der Waals surface area contributed by atoms with Gasteiger partial charge in [0.2, 0.25) is 6.29 Å². The molecule has 1 aromatic rings. The van der Waals surface area contributed by atoms with Crippen LogP contribution >= 0.6 is 0 Å². The van der Waals surface area contributed by atoms with Crippen molar-refractivity contribution < 1.29 is 64.2 Å². The zero-order valence-electron chi connectivity index (χ0n) is 18.1. The maximum absolute atomic E-state index is 12.4. The van der Waals surface area contributed by atoms with E-state index in [1.165, 1.54) is 31.4 Å². The summed E-state index contributed by atoms with van der Waals surface area (Å²) in [6.45, 7) is -1.34. The lowest BCUT2D eigenvalue weighted by Gasteiger charge is -2.40. The fourth-order valence-electron chi connectivity index (χ4n) is 3.54. The molecule has 2 saturated heterocycles. The Kier molecular flexibility index (Phi) is 8.81. The highest BCUT2D eigenvalue weighted by Crippen LogP contribution is 2.30. The molecule has 9 atom stereocenters. The average molecular weight is 488 g/mol. The van der Waals surface area contributed by atoms with Gasteiger partial charge < -0.3 is 59.4 Å². The minimum Gasteiger partial charge on any atom is -0.504 e. The average Bonchev–Trinajstić information content (AvgIpc) is 3.12. The highest BCUT2D eigenvalue weighted by molar-refractivity contribution is 5.87. The van der Waals surface area contributed by atoms with E-state index < -0.39 is 74.5 Å². The van der Waals surface area contributed by atoms with E-state index in [4.69, 9.17) is 23.7 Å². The molecule has 1 aromatic carbocycles. The van der Waals surface area contributed by atoms with Gasteiger partial charge in [-0.05, 0) is 23.8 Å². The van der Waals surface area contributed by atoms with Crippen LogP contribution in [-0.4, -0.2) is 117 Å². The molecule has 0 spiro atoms. The molecular weight excluding hydrogens is 460 g/mol. The summed E-state index contributed by atoms with van der Waals surface area (Å²) in [5.41, 5.74) is 0.497. The van der Waals surface area contributed by atoms with E-state index >= 15 is 0 Å². The van der Waals surface area contributed by atoms with Gasteiger partial charge in [0.05, 0.1) is 20.3 Å². The van der Waals surface area contributed by atoms with Gasteiger partial charge in [0, 0.05) is 6.08 Å². The largest absolute Gasteiger partial charge is 0.504 e. The Morgan fingerprint density at radius 2 is 1.62 bits per heavy atom. The molecule has 13 heteroatoms. The Morgan fingerprint density at radius 3 is 2.26 bits per heavy atom. The highest BCUT2D eigenvalue weighted by Gasteiger charge is 2.51. The molecule has 9 unspecified atom stereocenters. The third-order valence-electron chi connectivity index (χ3n) is 5.46. The summed E-state index contributed by atoms with van der Waals surface area (Å²) in [6.07, 6.45) is -11.3. The predicted octanol–water partition coefficient (Wildman–Crippen LogP) is -2.78. The second-order valence-electron chi connectivity index (χ2n) is 7.72. The number of carbonyl (C=O) groups excluding carboxylic acids is 1. The topological polar surface area (TPSA) is 205 Å². The summed E-state index contributed by atoms with van der Waals surface area (Å²) in [5, 5.41) is 68.7. The fraction of sp³-hybridized carbons (Fsp3) is 0.571. The van der Waals surface area contributed by atoms with E-state index in [1.807, 2.05) is 0 Å². The van der Waals surface area contributed by atoms with Crippen molar-refractivity contribution in [1.29, 1.82) is 0 Å². The lowest BCUT2D eigenvalue weighted by molar-refractivity contribution is -0.341. The van der Waals surface area contributed by atoms with Gasteiger partial charge in [-0.25, -0.2) is 4.79 Å². The van der Waals surface area contributed by atoms with Gasteiger partial charge in [-0.2, -0.15) is 0 Å². The van der Waals surface area contributed by atoms with Crippen LogP contribution in [0.5, 0.6) is 11.5 Å². The molecule has 0 aromatic heterocycles. The van der Waals surface area contributed by atoms with Crippen LogP contribution in [0.1, 0.15) is 5.56 Å². The van der Waals surface area contributed by atoms with Crippen molar-refractivity contribution in [2.45, 2.75) is 55.3 Å². The van der Waals surface area contributed by atoms with Crippen molar-refractivity contribution in [2.75, 3.05) is 20.3 Å². The summed E-state index contributed by atoms with van der Waals surface area (Å²) in [6, 6.07) is 4.36. The summed E-state index contributed by atoms with van der Waals surface area (Å²) < 4.78 is 26.3. The van der Waals surface area contributed by atoms with Crippen molar-refractivity contribution in [1.82, 2.24) is 0 Å². The van der Waals surface area contributed by atoms with Crippen LogP contribution in [0.2, 0.25) is 0 Å². The van der Waals surface area contributed by atoms with Gasteiger partial charge in [-0.1, -0.05) is 6.07 Å². The number of aromatic hydroxyl groups is 1. The number of esters is 1. The zero-order valence-corrected chi connectivity index (χ0v) is 18.1. The maximum atomic E-state index is 12.4. The highest BCUT2D eigenvalue weighted by atomic mass is 16.8. The van der Waals surface area contributed by atoms with E-state index in [0.29, 0.717) is 5.56 Å². The van der Waals surface area contributed by atoms with E-state index in [-0.39, 0.29) is 11.5 Å². The van der Waals surface area contributed by atoms with E-state index in [0.717, 1.165) is 6.08 Å². The van der Waals surface area contributed by atoms with Crippen molar-refractivity contribution in [2.24, 2.45) is 0 Å². The molecule has 34 heavy (non-hydrogen) atoms. The van der Waals surface area contributed by atoms with Crippen LogP contribution in [0.3, 0.4) is 0 Å². The lowest BCUT2D eigenvalue weighted by atomic mass is 9.99. The molecule has 0 amide bonds. The third-order valence-corrected chi connectivity index (χ3v) is 5.46. The molecule has 2 fully saturated rings. The van der Waals surface area contributed by atoms with E-state index in [1.54, 1.807) is 0 Å². The smallest absolute Gasteiger partial charge is 0.331 e. The predicted molar refractivity (Wildman–Crippen MR) is 110 cm³/mol. The Labute approximate surface area is 193 Å². The van der Waals surface area contributed by atoms with Crippen LogP contribution < -0.4 is 4.74 Å². The summed E-state index contributed by atoms with van der Waals surface area (Å²) in [5.74, 6) is -0.814. The Hall–Kier alpha value is -2.33. The van der Waals surface area contributed by atoms with Gasteiger partial charge in [0.1, 0.15) is 36.6 Å². The maximum Gasteiger partial charge on any atom is 0.331 e.